The molecule has 172 valence electrons. The molecule has 0 radical (unpaired) electrons. The Morgan fingerprint density at radius 1 is 1.12 bits per heavy atom. The van der Waals surface area contributed by atoms with Crippen molar-refractivity contribution in [2.45, 2.75) is 12.1 Å². The largest absolute Gasteiger partial charge is 0.493 e. The highest BCUT2D eigenvalue weighted by atomic mass is 79.9. The van der Waals surface area contributed by atoms with Crippen molar-refractivity contribution < 1.29 is 9.53 Å². The Bertz CT molecular complexity index is 1400. The first-order valence-corrected chi connectivity index (χ1v) is 12.3. The lowest BCUT2D eigenvalue weighted by molar-refractivity contribution is -0.118. The van der Waals surface area contributed by atoms with Crippen LogP contribution in [-0.2, 0) is 4.79 Å². The lowest BCUT2D eigenvalue weighted by atomic mass is 10.2. The molecule has 1 N–H and O–H groups in total. The highest BCUT2D eigenvalue weighted by molar-refractivity contribution is 9.10. The van der Waals surface area contributed by atoms with Crippen LogP contribution in [0.1, 0.15) is 12.5 Å². The summed E-state index contributed by atoms with van der Waals surface area (Å²) in [7, 11) is 0. The van der Waals surface area contributed by atoms with E-state index in [1.54, 1.807) is 24.4 Å². The number of para-hydroxylation sites is 2. The number of hydrazone groups is 1. The highest BCUT2D eigenvalue weighted by Crippen LogP contribution is 2.22. The second-order valence-electron chi connectivity index (χ2n) is 7.08. The van der Waals surface area contributed by atoms with E-state index in [0.29, 0.717) is 34.1 Å². The number of ether oxygens (including phenoxy) is 1. The molecule has 0 saturated carbocycles. The van der Waals surface area contributed by atoms with Crippen molar-refractivity contribution in [2.75, 3.05) is 12.4 Å². The third-order valence-corrected chi connectivity index (χ3v) is 6.24. The minimum Gasteiger partial charge on any atom is -0.493 e. The molecule has 9 heteroatoms. The van der Waals surface area contributed by atoms with E-state index < -0.39 is 0 Å². The fraction of sp³-hybridized carbons (Fsp3) is 0.120. The summed E-state index contributed by atoms with van der Waals surface area (Å²) in [5, 5.41) is 4.98. The zero-order valence-electron chi connectivity index (χ0n) is 18.3. The van der Waals surface area contributed by atoms with Crippen LogP contribution in [0.5, 0.6) is 5.75 Å². The molecule has 34 heavy (non-hydrogen) atoms. The van der Waals surface area contributed by atoms with Crippen LogP contribution in [0.4, 0.5) is 0 Å². The fourth-order valence-corrected chi connectivity index (χ4v) is 4.31. The smallest absolute Gasteiger partial charge is 0.266 e. The summed E-state index contributed by atoms with van der Waals surface area (Å²) in [4.78, 5) is 30.4. The van der Waals surface area contributed by atoms with Crippen molar-refractivity contribution in [1.29, 1.82) is 0 Å². The van der Waals surface area contributed by atoms with Gasteiger partial charge in [0, 0.05) is 10.0 Å². The van der Waals surface area contributed by atoms with E-state index in [-0.39, 0.29) is 17.2 Å². The minimum absolute atomic E-state index is 0.0335. The molecule has 0 fully saturated rings. The van der Waals surface area contributed by atoms with Crippen LogP contribution in [-0.4, -0.2) is 34.0 Å². The van der Waals surface area contributed by atoms with E-state index in [0.717, 1.165) is 10.0 Å². The van der Waals surface area contributed by atoms with Gasteiger partial charge in [-0.1, -0.05) is 52.0 Å². The van der Waals surface area contributed by atoms with Crippen LogP contribution in [0.3, 0.4) is 0 Å². The summed E-state index contributed by atoms with van der Waals surface area (Å²) in [6, 6.07) is 22.0. The third kappa shape index (κ3) is 5.55. The summed E-state index contributed by atoms with van der Waals surface area (Å²) >= 11 is 4.59. The standard InChI is InChI=1S/C25H21BrN4O3S/c1-2-33-22-10-6-3-7-17(22)15-27-29-23(31)16-34-25-28-21-9-5-4-8-20(21)24(32)30(25)19-13-11-18(26)12-14-19/h3-15H,2,16H2,1H3,(H,29,31). The molecule has 3 aromatic carbocycles. The number of nitrogens with one attached hydrogen (secondary N) is 1. The lowest BCUT2D eigenvalue weighted by Crippen LogP contribution is -2.24. The van der Waals surface area contributed by atoms with Gasteiger partial charge in [0.1, 0.15) is 5.75 Å². The van der Waals surface area contributed by atoms with Gasteiger partial charge in [-0.3, -0.25) is 14.2 Å². The number of hydrogen-bond acceptors (Lipinski definition) is 6. The summed E-state index contributed by atoms with van der Waals surface area (Å²) in [5.74, 6) is 0.405. The molecule has 0 saturated heterocycles. The van der Waals surface area contributed by atoms with Gasteiger partial charge >= 0.3 is 0 Å². The van der Waals surface area contributed by atoms with Gasteiger partial charge in [-0.15, -0.1) is 0 Å². The van der Waals surface area contributed by atoms with Crippen molar-refractivity contribution in [3.63, 3.8) is 0 Å². The van der Waals surface area contributed by atoms with Gasteiger partial charge in [0.05, 0.1) is 35.2 Å². The molecule has 0 aliphatic heterocycles. The van der Waals surface area contributed by atoms with Crippen LogP contribution in [0, 0.1) is 0 Å². The number of nitrogens with zero attached hydrogens (tertiary/aromatic N) is 3. The second kappa shape index (κ2) is 11.1. The predicted octanol–water partition coefficient (Wildman–Crippen LogP) is 4.79. The molecule has 0 spiro atoms. The maximum Gasteiger partial charge on any atom is 0.266 e. The van der Waals surface area contributed by atoms with Crippen molar-refractivity contribution >= 4 is 50.7 Å². The first-order chi connectivity index (χ1) is 16.6. The summed E-state index contributed by atoms with van der Waals surface area (Å²) in [6.45, 7) is 2.44. The van der Waals surface area contributed by atoms with Crippen molar-refractivity contribution in [1.82, 2.24) is 15.0 Å². The number of carbonyl (C=O) groups excluding carboxylic acids is 1. The first kappa shape index (κ1) is 23.7. The minimum atomic E-state index is -0.320. The molecule has 0 unspecified atom stereocenters. The SMILES string of the molecule is CCOc1ccccc1C=NNC(=O)CSc1nc2ccccc2c(=O)n1-c1ccc(Br)cc1. The molecule has 0 aliphatic rings. The zero-order valence-corrected chi connectivity index (χ0v) is 20.7. The number of hydrogen-bond donors (Lipinski definition) is 1. The van der Waals surface area contributed by atoms with Crippen LogP contribution in [0.2, 0.25) is 0 Å². The van der Waals surface area contributed by atoms with E-state index in [1.807, 2.05) is 61.5 Å². The molecule has 0 bridgehead atoms. The Balaban J connectivity index is 1.54. The van der Waals surface area contributed by atoms with Gasteiger partial charge in [-0.25, -0.2) is 10.4 Å². The van der Waals surface area contributed by atoms with Crippen LogP contribution in [0.15, 0.2) is 92.3 Å². The van der Waals surface area contributed by atoms with Gasteiger partial charge in [0.2, 0.25) is 0 Å². The summed E-state index contributed by atoms with van der Waals surface area (Å²) in [6.07, 6.45) is 1.54. The average molecular weight is 537 g/mol. The maximum atomic E-state index is 13.3. The number of fused-ring (bicyclic) bond motifs is 1. The van der Waals surface area contributed by atoms with Crippen molar-refractivity contribution in [2.24, 2.45) is 5.10 Å². The molecule has 0 atom stereocenters. The van der Waals surface area contributed by atoms with E-state index in [1.165, 1.54) is 16.3 Å². The number of aromatic nitrogens is 2. The molecule has 0 aliphatic carbocycles. The van der Waals surface area contributed by atoms with E-state index >= 15 is 0 Å². The molecule has 4 aromatic rings. The Labute approximate surface area is 209 Å². The topological polar surface area (TPSA) is 85.6 Å². The van der Waals surface area contributed by atoms with Gasteiger partial charge < -0.3 is 4.74 Å². The molecule has 1 heterocycles. The molecular weight excluding hydrogens is 516 g/mol. The molecular formula is C25H21BrN4O3S. The third-order valence-electron chi connectivity index (χ3n) is 4.77. The Hall–Kier alpha value is -3.43. The first-order valence-electron chi connectivity index (χ1n) is 10.5. The number of halogens is 1. The van der Waals surface area contributed by atoms with Crippen LogP contribution < -0.4 is 15.7 Å². The maximum absolute atomic E-state index is 13.3. The average Bonchev–Trinajstić information content (AvgIpc) is 2.85. The molecule has 4 rings (SSSR count). The number of rotatable bonds is 8. The fourth-order valence-electron chi connectivity index (χ4n) is 3.24. The van der Waals surface area contributed by atoms with Crippen molar-refractivity contribution in [3.05, 3.63) is 93.2 Å². The van der Waals surface area contributed by atoms with Crippen molar-refractivity contribution in [3.8, 4) is 11.4 Å². The van der Waals surface area contributed by atoms with Gasteiger partial charge in [0.15, 0.2) is 5.16 Å². The monoisotopic (exact) mass is 536 g/mol. The van der Waals surface area contributed by atoms with E-state index in [9.17, 15) is 9.59 Å². The summed E-state index contributed by atoms with van der Waals surface area (Å²) < 4.78 is 7.98. The van der Waals surface area contributed by atoms with Crippen LogP contribution >= 0.6 is 27.7 Å². The number of thioether (sulfide) groups is 1. The molecule has 1 amide bonds. The number of benzene rings is 3. The molecule has 1 aromatic heterocycles. The van der Waals surface area contributed by atoms with Crippen LogP contribution in [0.25, 0.3) is 16.6 Å². The lowest BCUT2D eigenvalue weighted by Gasteiger charge is -2.13. The van der Waals surface area contributed by atoms with E-state index in [4.69, 9.17) is 4.74 Å². The quantitative estimate of drug-likeness (QED) is 0.151. The predicted molar refractivity (Wildman–Crippen MR) is 139 cm³/mol. The Kier molecular flexibility index (Phi) is 7.76. The number of amides is 1. The Morgan fingerprint density at radius 2 is 1.85 bits per heavy atom. The van der Waals surface area contributed by atoms with Gasteiger partial charge in [-0.2, -0.15) is 5.10 Å². The number of carbonyl (C=O) groups is 1. The second-order valence-corrected chi connectivity index (χ2v) is 8.94. The van der Waals surface area contributed by atoms with Gasteiger partial charge in [-0.05, 0) is 55.5 Å². The normalized spacial score (nSPS) is 11.1. The molecule has 7 nitrogen and oxygen atoms in total. The Morgan fingerprint density at radius 3 is 2.65 bits per heavy atom. The van der Waals surface area contributed by atoms with Gasteiger partial charge in [0.25, 0.3) is 11.5 Å². The highest BCUT2D eigenvalue weighted by Gasteiger charge is 2.14. The zero-order chi connectivity index (χ0) is 23.9. The summed E-state index contributed by atoms with van der Waals surface area (Å²) in [5.41, 5.74) is 4.34. The van der Waals surface area contributed by atoms with E-state index in [2.05, 4.69) is 31.4 Å².